The zero-order valence-corrected chi connectivity index (χ0v) is 20.8. The van der Waals surface area contributed by atoms with Crippen LogP contribution in [0, 0.1) is 15.9 Å². The van der Waals surface area contributed by atoms with Crippen molar-refractivity contribution >= 4 is 49.8 Å². The molecule has 1 aliphatic heterocycles. The number of fused-ring (bicyclic) bond motifs is 1. The highest BCUT2D eigenvalue weighted by molar-refractivity contribution is 7.22. The number of Topliss-reactive ketones (excluding diaryl/α,β-unsaturated/α-hetero) is 1. The fourth-order valence-electron chi connectivity index (χ4n) is 4.22. The first-order valence-electron chi connectivity index (χ1n) is 11.6. The molecular weight excluding hydrogens is 513 g/mol. The van der Waals surface area contributed by atoms with Gasteiger partial charge in [0.15, 0.2) is 5.13 Å². The van der Waals surface area contributed by atoms with E-state index in [2.05, 4.69) is 4.98 Å². The molecule has 1 fully saturated rings. The number of aliphatic hydroxyl groups is 1. The Kier molecular flexibility index (Phi) is 6.60. The number of amides is 1. The minimum Gasteiger partial charge on any atom is -0.507 e. The Labute approximate surface area is 219 Å². The van der Waals surface area contributed by atoms with Crippen molar-refractivity contribution in [2.45, 2.75) is 19.4 Å². The molecule has 1 N–H and O–H groups in total. The normalized spacial score (nSPS) is 16.8. The SMILES string of the molecule is CCCOc1cccc(C(O)=C2C(=O)C(=O)N(c3nc4ccc(F)cc4s3)C2c2ccc([N+](=O)[O-])cc2)c1. The van der Waals surface area contributed by atoms with Gasteiger partial charge in [-0.2, -0.15) is 0 Å². The van der Waals surface area contributed by atoms with Crippen molar-refractivity contribution < 1.29 is 28.7 Å². The molecule has 0 aliphatic carbocycles. The van der Waals surface area contributed by atoms with Crippen LogP contribution in [-0.4, -0.2) is 33.3 Å². The Morgan fingerprint density at radius 2 is 1.92 bits per heavy atom. The predicted molar refractivity (Wildman–Crippen MR) is 140 cm³/mol. The Balaban J connectivity index is 1.68. The molecule has 11 heteroatoms. The summed E-state index contributed by atoms with van der Waals surface area (Å²) in [6.07, 6.45) is 0.771. The van der Waals surface area contributed by atoms with Crippen LogP contribution in [0.3, 0.4) is 0 Å². The molecule has 4 aromatic rings. The summed E-state index contributed by atoms with van der Waals surface area (Å²) in [6.45, 7) is 2.40. The molecule has 0 bridgehead atoms. The largest absolute Gasteiger partial charge is 0.507 e. The smallest absolute Gasteiger partial charge is 0.301 e. The Hall–Kier alpha value is -4.64. The number of hydrogen-bond acceptors (Lipinski definition) is 8. The number of nitro benzene ring substituents is 1. The number of anilines is 1. The first-order valence-corrected chi connectivity index (χ1v) is 12.4. The lowest BCUT2D eigenvalue weighted by Gasteiger charge is -2.23. The van der Waals surface area contributed by atoms with Crippen LogP contribution in [0.25, 0.3) is 16.0 Å². The van der Waals surface area contributed by atoms with Gasteiger partial charge in [-0.05, 0) is 54.4 Å². The van der Waals surface area contributed by atoms with E-state index in [0.717, 1.165) is 22.7 Å². The van der Waals surface area contributed by atoms with Gasteiger partial charge in [0.1, 0.15) is 17.3 Å². The maximum Gasteiger partial charge on any atom is 0.301 e. The zero-order chi connectivity index (χ0) is 27.0. The number of aromatic nitrogens is 1. The molecule has 0 spiro atoms. The number of hydrogen-bond donors (Lipinski definition) is 1. The Bertz CT molecular complexity index is 1610. The minimum atomic E-state index is -1.14. The Morgan fingerprint density at radius 1 is 1.16 bits per heavy atom. The van der Waals surface area contributed by atoms with Crippen LogP contribution >= 0.6 is 11.3 Å². The highest BCUT2D eigenvalue weighted by atomic mass is 32.1. The number of ether oxygens (including phenoxy) is 1. The fourth-order valence-corrected chi connectivity index (χ4v) is 5.24. The standard InChI is InChI=1S/C27H20FN3O6S/c1-2-12-37-19-5-3-4-16(13-19)24(32)22-23(15-6-9-18(10-7-15)31(35)36)30(26(34)25(22)33)27-29-20-11-8-17(28)14-21(20)38-27/h3-11,13-14,23,32H,2,12H2,1H3. The molecule has 192 valence electrons. The van der Waals surface area contributed by atoms with E-state index in [0.29, 0.717) is 28.1 Å². The van der Waals surface area contributed by atoms with Crippen molar-refractivity contribution in [3.05, 3.63) is 99.4 Å². The second-order valence-corrected chi connectivity index (χ2v) is 9.51. The number of carbonyl (C=O) groups is 2. The average Bonchev–Trinajstić information content (AvgIpc) is 3.44. The van der Waals surface area contributed by atoms with E-state index in [1.807, 2.05) is 6.92 Å². The fraction of sp³-hybridized carbons (Fsp3) is 0.148. The average molecular weight is 534 g/mol. The quantitative estimate of drug-likeness (QED) is 0.105. The van der Waals surface area contributed by atoms with Gasteiger partial charge in [-0.1, -0.05) is 30.4 Å². The summed E-state index contributed by atoms with van der Waals surface area (Å²) >= 11 is 1.01. The zero-order valence-electron chi connectivity index (χ0n) is 20.0. The number of aliphatic hydroxyl groups excluding tert-OH is 1. The van der Waals surface area contributed by atoms with E-state index in [4.69, 9.17) is 4.74 Å². The molecule has 5 rings (SSSR count). The summed E-state index contributed by atoms with van der Waals surface area (Å²) in [6, 6.07) is 14.7. The van der Waals surface area contributed by atoms with Gasteiger partial charge in [-0.25, -0.2) is 9.37 Å². The van der Waals surface area contributed by atoms with E-state index in [1.54, 1.807) is 24.3 Å². The lowest BCUT2D eigenvalue weighted by molar-refractivity contribution is -0.384. The van der Waals surface area contributed by atoms with Gasteiger partial charge in [-0.15, -0.1) is 0 Å². The van der Waals surface area contributed by atoms with Crippen LogP contribution < -0.4 is 9.64 Å². The number of rotatable bonds is 7. The molecule has 1 unspecified atom stereocenters. The van der Waals surface area contributed by atoms with Crippen LogP contribution in [0.2, 0.25) is 0 Å². The maximum atomic E-state index is 13.8. The first kappa shape index (κ1) is 25.0. The molecule has 9 nitrogen and oxygen atoms in total. The van der Waals surface area contributed by atoms with E-state index < -0.39 is 34.2 Å². The van der Waals surface area contributed by atoms with Gasteiger partial charge in [0.2, 0.25) is 0 Å². The molecule has 1 aliphatic rings. The second-order valence-electron chi connectivity index (χ2n) is 8.50. The summed E-state index contributed by atoms with van der Waals surface area (Å²) in [5, 5.41) is 22.6. The summed E-state index contributed by atoms with van der Waals surface area (Å²) in [5.74, 6) is -2.32. The molecule has 1 saturated heterocycles. The molecule has 0 saturated carbocycles. The third-order valence-electron chi connectivity index (χ3n) is 5.99. The van der Waals surface area contributed by atoms with Crippen LogP contribution in [0.15, 0.2) is 72.3 Å². The summed E-state index contributed by atoms with van der Waals surface area (Å²) in [7, 11) is 0. The topological polar surface area (TPSA) is 123 Å². The van der Waals surface area contributed by atoms with Crippen LogP contribution in [0.5, 0.6) is 5.75 Å². The molecule has 1 aromatic heterocycles. The number of ketones is 1. The minimum absolute atomic E-state index is 0.120. The van der Waals surface area contributed by atoms with Crippen molar-refractivity contribution in [2.75, 3.05) is 11.5 Å². The molecule has 1 atom stereocenters. The van der Waals surface area contributed by atoms with Crippen LogP contribution in [0.1, 0.15) is 30.5 Å². The maximum absolute atomic E-state index is 13.8. The van der Waals surface area contributed by atoms with Gasteiger partial charge in [0.05, 0.1) is 33.4 Å². The molecule has 3 aromatic carbocycles. The van der Waals surface area contributed by atoms with Crippen molar-refractivity contribution in [1.82, 2.24) is 4.98 Å². The summed E-state index contributed by atoms with van der Waals surface area (Å²) in [4.78, 5) is 42.9. The molecule has 2 heterocycles. The monoisotopic (exact) mass is 533 g/mol. The number of nitrogens with zero attached hydrogens (tertiary/aromatic N) is 3. The van der Waals surface area contributed by atoms with Gasteiger partial charge in [0, 0.05) is 17.7 Å². The lowest BCUT2D eigenvalue weighted by Crippen LogP contribution is -2.29. The summed E-state index contributed by atoms with van der Waals surface area (Å²) < 4.78 is 19.9. The second kappa shape index (κ2) is 10.0. The molecule has 38 heavy (non-hydrogen) atoms. The first-order chi connectivity index (χ1) is 18.3. The van der Waals surface area contributed by atoms with Crippen LogP contribution in [0.4, 0.5) is 15.2 Å². The highest BCUT2D eigenvalue weighted by Gasteiger charge is 2.48. The van der Waals surface area contributed by atoms with Crippen molar-refractivity contribution in [3.8, 4) is 5.75 Å². The van der Waals surface area contributed by atoms with E-state index in [9.17, 15) is 29.2 Å². The number of benzene rings is 3. The predicted octanol–water partition coefficient (Wildman–Crippen LogP) is 5.76. The van der Waals surface area contributed by atoms with Gasteiger partial charge < -0.3 is 9.84 Å². The van der Waals surface area contributed by atoms with E-state index in [1.165, 1.54) is 42.5 Å². The molecular formula is C27H20FN3O6S. The highest BCUT2D eigenvalue weighted by Crippen LogP contribution is 2.44. The van der Waals surface area contributed by atoms with Crippen molar-refractivity contribution in [2.24, 2.45) is 0 Å². The number of nitro groups is 1. The number of thiazole rings is 1. The van der Waals surface area contributed by atoms with Crippen molar-refractivity contribution in [3.63, 3.8) is 0 Å². The number of halogens is 1. The lowest BCUT2D eigenvalue weighted by atomic mass is 9.95. The van der Waals surface area contributed by atoms with Gasteiger partial charge in [-0.3, -0.25) is 24.6 Å². The van der Waals surface area contributed by atoms with Gasteiger partial charge >= 0.3 is 5.91 Å². The number of non-ortho nitro benzene ring substituents is 1. The third-order valence-corrected chi connectivity index (χ3v) is 7.01. The molecule has 1 amide bonds. The third kappa shape index (κ3) is 4.48. The van der Waals surface area contributed by atoms with Gasteiger partial charge in [0.25, 0.3) is 11.5 Å². The Morgan fingerprint density at radius 3 is 2.63 bits per heavy atom. The molecule has 0 radical (unpaired) electrons. The van der Waals surface area contributed by atoms with Crippen LogP contribution in [-0.2, 0) is 9.59 Å². The van der Waals surface area contributed by atoms with Crippen molar-refractivity contribution in [1.29, 1.82) is 0 Å². The number of carbonyl (C=O) groups excluding carboxylic acids is 2. The van der Waals surface area contributed by atoms with E-state index >= 15 is 0 Å². The summed E-state index contributed by atoms with van der Waals surface area (Å²) in [5.41, 5.74) is 0.649. The van der Waals surface area contributed by atoms with E-state index in [-0.39, 0.29) is 22.0 Å².